The second-order valence-electron chi connectivity index (χ2n) is 5.37. The van der Waals surface area contributed by atoms with Gasteiger partial charge in [-0.2, -0.15) is 0 Å². The number of fused-ring (bicyclic) bond motifs is 1. The maximum atomic E-state index is 12.5. The van der Waals surface area contributed by atoms with Gasteiger partial charge in [-0.05, 0) is 49.8 Å². The number of carbonyl (C=O) groups excluding carboxylic acids is 1. The summed E-state index contributed by atoms with van der Waals surface area (Å²) in [5.74, 6) is 0.106. The van der Waals surface area contributed by atoms with Crippen LogP contribution >= 0.6 is 0 Å². The fourth-order valence-corrected chi connectivity index (χ4v) is 2.66. The first-order valence-corrected chi connectivity index (χ1v) is 7.46. The number of nitrogens with one attached hydrogen (secondary N) is 1. The van der Waals surface area contributed by atoms with Gasteiger partial charge in [0.1, 0.15) is 0 Å². The Balaban J connectivity index is 2.01. The molecule has 4 heteroatoms. The minimum absolute atomic E-state index is 0.106. The van der Waals surface area contributed by atoms with E-state index >= 15 is 0 Å². The van der Waals surface area contributed by atoms with Crippen molar-refractivity contribution in [2.75, 3.05) is 32.1 Å². The van der Waals surface area contributed by atoms with Crippen molar-refractivity contribution in [3.05, 3.63) is 29.3 Å². The summed E-state index contributed by atoms with van der Waals surface area (Å²) in [4.78, 5) is 14.3. The number of anilines is 1. The summed E-state index contributed by atoms with van der Waals surface area (Å²) in [6.07, 6.45) is 4.77. The van der Waals surface area contributed by atoms with Crippen molar-refractivity contribution >= 4 is 11.6 Å². The lowest BCUT2D eigenvalue weighted by Crippen LogP contribution is -2.29. The Hall–Kier alpha value is -1.55. The highest BCUT2D eigenvalue weighted by molar-refractivity contribution is 5.97. The van der Waals surface area contributed by atoms with Crippen LogP contribution in [0.25, 0.3) is 0 Å². The molecule has 2 rings (SSSR count). The molecule has 1 aromatic rings. The summed E-state index contributed by atoms with van der Waals surface area (Å²) in [6, 6.07) is 5.93. The van der Waals surface area contributed by atoms with Crippen molar-refractivity contribution in [2.45, 2.75) is 32.1 Å². The van der Waals surface area contributed by atoms with E-state index in [0.717, 1.165) is 62.0 Å². The molecule has 2 N–H and O–H groups in total. The molecule has 0 atom stereocenters. The number of hydrogen-bond donors (Lipinski definition) is 2. The van der Waals surface area contributed by atoms with E-state index in [1.54, 1.807) is 4.90 Å². The molecule has 1 aromatic carbocycles. The molecule has 20 heavy (non-hydrogen) atoms. The lowest BCUT2D eigenvalue weighted by molar-refractivity contribution is 0.0791. The van der Waals surface area contributed by atoms with Crippen LogP contribution in [0.15, 0.2) is 18.2 Å². The third kappa shape index (κ3) is 3.51. The van der Waals surface area contributed by atoms with Crippen molar-refractivity contribution in [2.24, 2.45) is 0 Å². The zero-order valence-corrected chi connectivity index (χ0v) is 12.2. The van der Waals surface area contributed by atoms with E-state index in [0.29, 0.717) is 0 Å². The van der Waals surface area contributed by atoms with E-state index < -0.39 is 0 Å². The molecule has 1 heterocycles. The molecule has 1 aliphatic heterocycles. The van der Waals surface area contributed by atoms with E-state index in [-0.39, 0.29) is 12.5 Å². The summed E-state index contributed by atoms with van der Waals surface area (Å²) >= 11 is 0. The molecule has 0 bridgehead atoms. The van der Waals surface area contributed by atoms with E-state index in [2.05, 4.69) is 5.32 Å². The van der Waals surface area contributed by atoms with Crippen LogP contribution in [0.1, 0.15) is 41.6 Å². The Labute approximate surface area is 120 Å². The number of amides is 1. The maximum Gasteiger partial charge on any atom is 0.253 e. The van der Waals surface area contributed by atoms with Crippen molar-refractivity contribution in [3.63, 3.8) is 0 Å². The lowest BCUT2D eigenvalue weighted by atomic mass is 9.97. The van der Waals surface area contributed by atoms with Crippen molar-refractivity contribution in [1.82, 2.24) is 4.90 Å². The quantitative estimate of drug-likeness (QED) is 0.784. The molecular weight excluding hydrogens is 252 g/mol. The predicted molar refractivity (Wildman–Crippen MR) is 81.2 cm³/mol. The fraction of sp³-hybridized carbons (Fsp3) is 0.562. The first-order chi connectivity index (χ1) is 9.74. The van der Waals surface area contributed by atoms with E-state index in [9.17, 15) is 4.79 Å². The summed E-state index contributed by atoms with van der Waals surface area (Å²) in [6.45, 7) is 1.97. The van der Waals surface area contributed by atoms with Gasteiger partial charge in [0, 0.05) is 38.0 Å². The summed E-state index contributed by atoms with van der Waals surface area (Å²) in [7, 11) is 1.86. The van der Waals surface area contributed by atoms with Crippen LogP contribution in [0.2, 0.25) is 0 Å². The number of aliphatic hydroxyl groups is 1. The molecule has 0 saturated carbocycles. The van der Waals surface area contributed by atoms with Crippen LogP contribution in [0.5, 0.6) is 0 Å². The van der Waals surface area contributed by atoms with Gasteiger partial charge >= 0.3 is 0 Å². The monoisotopic (exact) mass is 276 g/mol. The fourth-order valence-electron chi connectivity index (χ4n) is 2.66. The van der Waals surface area contributed by atoms with Crippen molar-refractivity contribution in [1.29, 1.82) is 0 Å². The van der Waals surface area contributed by atoms with Gasteiger partial charge in [-0.15, -0.1) is 0 Å². The van der Waals surface area contributed by atoms with Crippen LogP contribution in [0, 0.1) is 0 Å². The molecule has 4 nitrogen and oxygen atoms in total. The number of hydrogen-bond acceptors (Lipinski definition) is 3. The number of benzene rings is 1. The Morgan fingerprint density at radius 3 is 3.00 bits per heavy atom. The lowest BCUT2D eigenvalue weighted by Gasteiger charge is -2.23. The molecular formula is C16H24N2O2. The van der Waals surface area contributed by atoms with Crippen LogP contribution in [-0.4, -0.2) is 42.7 Å². The summed E-state index contributed by atoms with van der Waals surface area (Å²) in [5.41, 5.74) is 3.10. The first-order valence-electron chi connectivity index (χ1n) is 7.46. The minimum atomic E-state index is 0.106. The van der Waals surface area contributed by atoms with Crippen molar-refractivity contribution in [3.8, 4) is 0 Å². The molecule has 0 fully saturated rings. The average Bonchev–Trinajstić information content (AvgIpc) is 2.50. The Bertz CT molecular complexity index is 460. The Morgan fingerprint density at radius 1 is 1.35 bits per heavy atom. The van der Waals surface area contributed by atoms with Gasteiger partial charge in [0.2, 0.25) is 0 Å². The zero-order chi connectivity index (χ0) is 14.4. The highest BCUT2D eigenvalue weighted by Gasteiger charge is 2.19. The van der Waals surface area contributed by atoms with Gasteiger partial charge in [0.05, 0.1) is 0 Å². The van der Waals surface area contributed by atoms with Gasteiger partial charge in [-0.3, -0.25) is 4.79 Å². The largest absolute Gasteiger partial charge is 0.396 e. The molecule has 1 aliphatic rings. The summed E-state index contributed by atoms with van der Waals surface area (Å²) in [5, 5.41) is 12.1. The number of aliphatic hydroxyl groups excluding tert-OH is 1. The molecule has 0 saturated heterocycles. The van der Waals surface area contributed by atoms with E-state index in [1.807, 2.05) is 25.2 Å². The first kappa shape index (κ1) is 14.9. The van der Waals surface area contributed by atoms with Gasteiger partial charge in [-0.25, -0.2) is 0 Å². The number of carbonyl (C=O) groups is 1. The van der Waals surface area contributed by atoms with E-state index in [4.69, 9.17) is 5.11 Å². The summed E-state index contributed by atoms with van der Waals surface area (Å²) < 4.78 is 0. The van der Waals surface area contributed by atoms with E-state index in [1.165, 1.54) is 0 Å². The zero-order valence-electron chi connectivity index (χ0n) is 12.2. The number of rotatable bonds is 6. The SMILES string of the molecule is CN(CCCCCO)C(=O)c1cccc2c1CCCN2. The molecule has 0 spiro atoms. The number of unbranched alkanes of at least 4 members (excludes halogenated alkanes) is 2. The molecule has 1 amide bonds. The van der Waals surface area contributed by atoms with Crippen molar-refractivity contribution < 1.29 is 9.90 Å². The van der Waals surface area contributed by atoms with Gasteiger partial charge in [0.15, 0.2) is 0 Å². The van der Waals surface area contributed by atoms with Gasteiger partial charge in [0.25, 0.3) is 5.91 Å². The maximum absolute atomic E-state index is 12.5. The highest BCUT2D eigenvalue weighted by atomic mass is 16.2. The molecule has 0 aromatic heterocycles. The molecule has 0 unspecified atom stereocenters. The second-order valence-corrected chi connectivity index (χ2v) is 5.37. The Morgan fingerprint density at radius 2 is 2.20 bits per heavy atom. The third-order valence-corrected chi connectivity index (χ3v) is 3.82. The van der Waals surface area contributed by atoms with Crippen LogP contribution in [-0.2, 0) is 6.42 Å². The number of nitrogens with zero attached hydrogens (tertiary/aromatic N) is 1. The van der Waals surface area contributed by atoms with Crippen LogP contribution < -0.4 is 5.32 Å². The molecule has 110 valence electrons. The average molecular weight is 276 g/mol. The van der Waals surface area contributed by atoms with Crippen LogP contribution in [0.3, 0.4) is 0 Å². The van der Waals surface area contributed by atoms with Crippen LogP contribution in [0.4, 0.5) is 5.69 Å². The predicted octanol–water partition coefficient (Wildman–Crippen LogP) is 2.28. The highest BCUT2D eigenvalue weighted by Crippen LogP contribution is 2.26. The normalized spacial score (nSPS) is 13.5. The smallest absolute Gasteiger partial charge is 0.253 e. The third-order valence-electron chi connectivity index (χ3n) is 3.82. The molecule has 0 radical (unpaired) electrons. The van der Waals surface area contributed by atoms with Gasteiger partial charge < -0.3 is 15.3 Å². The minimum Gasteiger partial charge on any atom is -0.396 e. The van der Waals surface area contributed by atoms with Gasteiger partial charge in [-0.1, -0.05) is 6.07 Å². The second kappa shape index (κ2) is 7.29. The topological polar surface area (TPSA) is 52.6 Å². The Kier molecular flexibility index (Phi) is 5.41. The standard InChI is InChI=1S/C16H24N2O2/c1-18(11-3-2-4-12-19)16(20)14-7-5-9-15-13(14)8-6-10-17-15/h5,7,9,17,19H,2-4,6,8,10-12H2,1H3. The molecule has 0 aliphatic carbocycles.